The summed E-state index contributed by atoms with van der Waals surface area (Å²) in [5.41, 5.74) is 2.39. The molecule has 6 heteroatoms. The van der Waals surface area contributed by atoms with Gasteiger partial charge in [-0.2, -0.15) is 0 Å². The molecule has 2 aliphatic rings. The molecule has 2 aromatic heterocycles. The van der Waals surface area contributed by atoms with Crippen LogP contribution < -0.4 is 0 Å². The Bertz CT molecular complexity index is 759. The molecule has 1 unspecified atom stereocenters. The van der Waals surface area contributed by atoms with E-state index in [2.05, 4.69) is 30.4 Å². The second-order valence-electron chi connectivity index (χ2n) is 7.69. The third-order valence-electron chi connectivity index (χ3n) is 6.05. The largest absolute Gasteiger partial charge is 0.337 e. The van der Waals surface area contributed by atoms with Gasteiger partial charge in [-0.15, -0.1) is 0 Å². The molecule has 1 atom stereocenters. The Morgan fingerprint density at radius 3 is 2.81 bits per heavy atom. The molecule has 0 bridgehead atoms. The van der Waals surface area contributed by atoms with Crippen molar-refractivity contribution in [3.8, 4) is 0 Å². The molecule has 26 heavy (non-hydrogen) atoms. The van der Waals surface area contributed by atoms with Crippen LogP contribution in [0.2, 0.25) is 0 Å². The number of pyridine rings is 1. The van der Waals surface area contributed by atoms with E-state index in [4.69, 9.17) is 0 Å². The SMILES string of the molecule is Cn1cncc1CN1CCCC2(CCC(=O)N2Cc2cccnc2)CC1. The van der Waals surface area contributed by atoms with Crippen LogP contribution in [0.3, 0.4) is 0 Å². The molecule has 0 saturated carbocycles. The molecule has 0 radical (unpaired) electrons. The minimum atomic E-state index is 0.0220. The van der Waals surface area contributed by atoms with Crippen molar-refractivity contribution in [1.82, 2.24) is 24.3 Å². The molecular formula is C20H27N5O. The number of rotatable bonds is 4. The first-order valence-corrected chi connectivity index (χ1v) is 9.53. The number of amides is 1. The molecule has 1 amide bonds. The highest BCUT2D eigenvalue weighted by molar-refractivity contribution is 5.79. The van der Waals surface area contributed by atoms with Gasteiger partial charge in [0.1, 0.15) is 0 Å². The lowest BCUT2D eigenvalue weighted by Gasteiger charge is -2.38. The van der Waals surface area contributed by atoms with Gasteiger partial charge < -0.3 is 9.47 Å². The first-order valence-electron chi connectivity index (χ1n) is 9.53. The van der Waals surface area contributed by atoms with Crippen LogP contribution in [-0.4, -0.2) is 48.9 Å². The van der Waals surface area contributed by atoms with E-state index < -0.39 is 0 Å². The zero-order valence-electron chi connectivity index (χ0n) is 15.5. The van der Waals surface area contributed by atoms with Crippen LogP contribution in [0.15, 0.2) is 37.1 Å². The van der Waals surface area contributed by atoms with Gasteiger partial charge in [0.2, 0.25) is 5.91 Å². The molecule has 2 fully saturated rings. The Morgan fingerprint density at radius 1 is 1.12 bits per heavy atom. The van der Waals surface area contributed by atoms with Crippen molar-refractivity contribution in [1.29, 1.82) is 0 Å². The normalized spacial score (nSPS) is 24.3. The third-order valence-corrected chi connectivity index (χ3v) is 6.05. The summed E-state index contributed by atoms with van der Waals surface area (Å²) in [5, 5.41) is 0. The van der Waals surface area contributed by atoms with Crippen molar-refractivity contribution in [2.75, 3.05) is 13.1 Å². The molecule has 1 spiro atoms. The van der Waals surface area contributed by atoms with Crippen LogP contribution in [-0.2, 0) is 24.9 Å². The number of nitrogens with zero attached hydrogens (tertiary/aromatic N) is 5. The van der Waals surface area contributed by atoms with E-state index in [1.54, 1.807) is 6.20 Å². The molecule has 6 nitrogen and oxygen atoms in total. The number of hydrogen-bond donors (Lipinski definition) is 0. The first-order chi connectivity index (χ1) is 12.7. The lowest BCUT2D eigenvalue weighted by atomic mass is 9.87. The highest BCUT2D eigenvalue weighted by atomic mass is 16.2. The molecular weight excluding hydrogens is 326 g/mol. The predicted octanol–water partition coefficient (Wildman–Crippen LogP) is 2.36. The van der Waals surface area contributed by atoms with Crippen molar-refractivity contribution in [2.45, 2.75) is 50.7 Å². The Hall–Kier alpha value is -2.21. The second kappa shape index (κ2) is 7.19. The number of aryl methyl sites for hydroxylation is 1. The van der Waals surface area contributed by atoms with Crippen molar-refractivity contribution >= 4 is 5.91 Å². The molecule has 138 valence electrons. The monoisotopic (exact) mass is 353 g/mol. The van der Waals surface area contributed by atoms with E-state index in [0.29, 0.717) is 18.9 Å². The maximum Gasteiger partial charge on any atom is 0.223 e. The summed E-state index contributed by atoms with van der Waals surface area (Å²) >= 11 is 0. The molecule has 2 aliphatic heterocycles. The zero-order valence-corrected chi connectivity index (χ0v) is 15.5. The van der Waals surface area contributed by atoms with E-state index in [-0.39, 0.29) is 5.54 Å². The summed E-state index contributed by atoms with van der Waals surface area (Å²) in [5.74, 6) is 0.300. The van der Waals surface area contributed by atoms with Crippen molar-refractivity contribution in [3.05, 3.63) is 48.3 Å². The minimum Gasteiger partial charge on any atom is -0.337 e. The van der Waals surface area contributed by atoms with Crippen LogP contribution in [0.1, 0.15) is 43.4 Å². The zero-order chi connectivity index (χ0) is 18.0. The highest BCUT2D eigenvalue weighted by Gasteiger charge is 2.45. The summed E-state index contributed by atoms with van der Waals surface area (Å²) in [6, 6.07) is 4.02. The van der Waals surface area contributed by atoms with Gasteiger partial charge in [0, 0.05) is 57.2 Å². The maximum absolute atomic E-state index is 12.6. The molecule has 4 rings (SSSR count). The highest BCUT2D eigenvalue weighted by Crippen LogP contribution is 2.40. The van der Waals surface area contributed by atoms with Crippen molar-refractivity contribution < 1.29 is 4.79 Å². The Morgan fingerprint density at radius 2 is 2.04 bits per heavy atom. The smallest absolute Gasteiger partial charge is 0.223 e. The fourth-order valence-electron chi connectivity index (χ4n) is 4.48. The van der Waals surface area contributed by atoms with E-state index in [1.165, 1.54) is 5.69 Å². The van der Waals surface area contributed by atoms with Gasteiger partial charge in [0.15, 0.2) is 0 Å². The van der Waals surface area contributed by atoms with Crippen LogP contribution in [0.25, 0.3) is 0 Å². The number of carbonyl (C=O) groups excluding carboxylic acids is 1. The molecule has 4 heterocycles. The van der Waals surface area contributed by atoms with E-state index >= 15 is 0 Å². The average Bonchev–Trinajstić information content (AvgIpc) is 3.10. The molecule has 0 N–H and O–H groups in total. The standard InChI is InChI=1S/C20H27N5O/c1-23-16-22-13-18(23)15-24-10-3-6-20(8-11-24)7-5-19(26)25(20)14-17-4-2-9-21-12-17/h2,4,9,12-13,16H,3,5-8,10-11,14-15H2,1H3. The second-order valence-corrected chi connectivity index (χ2v) is 7.69. The van der Waals surface area contributed by atoms with Gasteiger partial charge in [0.25, 0.3) is 0 Å². The van der Waals surface area contributed by atoms with Gasteiger partial charge in [-0.05, 0) is 43.9 Å². The number of carbonyl (C=O) groups is 1. The summed E-state index contributed by atoms with van der Waals surface area (Å²) in [6.07, 6.45) is 12.4. The molecule has 2 aromatic rings. The van der Waals surface area contributed by atoms with Crippen LogP contribution in [0.5, 0.6) is 0 Å². The molecule has 0 aliphatic carbocycles. The topological polar surface area (TPSA) is 54.3 Å². The van der Waals surface area contributed by atoms with E-state index in [1.807, 2.05) is 31.8 Å². The summed E-state index contributed by atoms with van der Waals surface area (Å²) in [6.45, 7) is 3.74. The minimum absolute atomic E-state index is 0.0220. The third kappa shape index (κ3) is 3.38. The fraction of sp³-hybridized carbons (Fsp3) is 0.550. The Labute approximate surface area is 154 Å². The maximum atomic E-state index is 12.6. The van der Waals surface area contributed by atoms with Crippen LogP contribution in [0, 0.1) is 0 Å². The van der Waals surface area contributed by atoms with Gasteiger partial charge in [-0.1, -0.05) is 6.07 Å². The van der Waals surface area contributed by atoms with Crippen LogP contribution >= 0.6 is 0 Å². The first kappa shape index (κ1) is 17.2. The number of hydrogen-bond acceptors (Lipinski definition) is 4. The molecule has 2 saturated heterocycles. The Kier molecular flexibility index (Phi) is 4.76. The summed E-state index contributed by atoms with van der Waals surface area (Å²) in [4.78, 5) is 25.7. The number of likely N-dealkylation sites (tertiary alicyclic amines) is 2. The van der Waals surface area contributed by atoms with Gasteiger partial charge in [0.05, 0.1) is 12.0 Å². The molecule has 0 aromatic carbocycles. The fourth-order valence-corrected chi connectivity index (χ4v) is 4.48. The summed E-state index contributed by atoms with van der Waals surface area (Å²) < 4.78 is 2.09. The van der Waals surface area contributed by atoms with Crippen molar-refractivity contribution in [3.63, 3.8) is 0 Å². The lowest BCUT2D eigenvalue weighted by Crippen LogP contribution is -2.45. The lowest BCUT2D eigenvalue weighted by molar-refractivity contribution is -0.132. The predicted molar refractivity (Wildman–Crippen MR) is 99.1 cm³/mol. The van der Waals surface area contributed by atoms with Gasteiger partial charge in [-0.25, -0.2) is 4.98 Å². The van der Waals surface area contributed by atoms with Gasteiger partial charge in [-0.3, -0.25) is 14.7 Å². The average molecular weight is 353 g/mol. The summed E-state index contributed by atoms with van der Waals surface area (Å²) in [7, 11) is 2.05. The van der Waals surface area contributed by atoms with E-state index in [0.717, 1.165) is 50.9 Å². The Balaban J connectivity index is 1.47. The van der Waals surface area contributed by atoms with E-state index in [9.17, 15) is 4.79 Å². The van der Waals surface area contributed by atoms with Crippen molar-refractivity contribution in [2.24, 2.45) is 7.05 Å². The van der Waals surface area contributed by atoms with Crippen LogP contribution in [0.4, 0.5) is 0 Å². The quantitative estimate of drug-likeness (QED) is 0.847. The number of imidazole rings is 1. The van der Waals surface area contributed by atoms with Gasteiger partial charge >= 0.3 is 0 Å². The number of aromatic nitrogens is 3.